The molecule has 0 spiro atoms. The maximum absolute atomic E-state index is 12.6. The largest absolute Gasteiger partial charge is 0.480 e. The normalized spacial score (nSPS) is 15.9. The van der Waals surface area contributed by atoms with Gasteiger partial charge in [0.25, 0.3) is 0 Å². The van der Waals surface area contributed by atoms with Gasteiger partial charge in [-0.25, -0.2) is 4.79 Å². The second-order valence-corrected chi connectivity index (χ2v) is 7.16. The van der Waals surface area contributed by atoms with E-state index in [1.807, 2.05) is 6.92 Å². The fourth-order valence-corrected chi connectivity index (χ4v) is 2.49. The zero-order valence-corrected chi connectivity index (χ0v) is 17.7. The maximum Gasteiger partial charge on any atom is 0.327 e. The molecule has 29 heavy (non-hydrogen) atoms. The fraction of sp³-hybridized carbons (Fsp3) is 0.706. The van der Waals surface area contributed by atoms with E-state index in [-0.39, 0.29) is 24.5 Å². The molecule has 0 aromatic carbocycles. The van der Waals surface area contributed by atoms with E-state index < -0.39 is 53.8 Å². The summed E-state index contributed by atoms with van der Waals surface area (Å²) in [6.07, 6.45) is 0.521. The highest BCUT2D eigenvalue weighted by atomic mass is 32.1. The zero-order chi connectivity index (χ0) is 22.7. The number of rotatable bonds is 13. The molecular formula is C17H31N5O6S. The molecule has 0 heterocycles. The number of carbonyl (C=O) groups is 5. The molecule has 0 aromatic rings. The number of hydrogen-bond acceptors (Lipinski definition) is 7. The molecule has 0 aliphatic rings. The van der Waals surface area contributed by atoms with Crippen LogP contribution in [0.4, 0.5) is 0 Å². The lowest BCUT2D eigenvalue weighted by atomic mass is 9.97. The van der Waals surface area contributed by atoms with E-state index in [0.717, 1.165) is 0 Å². The average Bonchev–Trinajstić information content (AvgIpc) is 2.66. The summed E-state index contributed by atoms with van der Waals surface area (Å²) in [6, 6.07) is -4.23. The Bertz CT molecular complexity index is 617. The van der Waals surface area contributed by atoms with Crippen molar-refractivity contribution in [3.8, 4) is 0 Å². The molecule has 166 valence electrons. The van der Waals surface area contributed by atoms with Crippen molar-refractivity contribution in [2.24, 2.45) is 17.4 Å². The van der Waals surface area contributed by atoms with Crippen LogP contribution >= 0.6 is 12.6 Å². The van der Waals surface area contributed by atoms with Crippen molar-refractivity contribution in [2.45, 2.75) is 64.2 Å². The van der Waals surface area contributed by atoms with Gasteiger partial charge in [-0.3, -0.25) is 19.2 Å². The van der Waals surface area contributed by atoms with Gasteiger partial charge in [-0.1, -0.05) is 20.3 Å². The molecule has 12 heteroatoms. The molecular weight excluding hydrogens is 402 g/mol. The molecule has 0 aliphatic heterocycles. The lowest BCUT2D eigenvalue weighted by Crippen LogP contribution is -2.58. The molecule has 0 radical (unpaired) electrons. The molecule has 0 bridgehead atoms. The first-order valence-electron chi connectivity index (χ1n) is 9.23. The van der Waals surface area contributed by atoms with E-state index in [2.05, 4.69) is 28.6 Å². The standard InChI is InChI=1S/C17H31N5O6S/c1-4-8(2)13(22-15(25)10(18)5-6-12(19)23)16(26)20-9(3)14(24)21-11(7-29)17(27)28/h8-11,13,29H,4-7,18H2,1-3H3,(H2,19,23)(H,20,26)(H,21,24)(H,22,25)(H,27,28). The van der Waals surface area contributed by atoms with Crippen molar-refractivity contribution in [1.29, 1.82) is 0 Å². The third-order valence-corrected chi connectivity index (χ3v) is 4.75. The molecule has 8 N–H and O–H groups in total. The molecule has 5 atom stereocenters. The zero-order valence-electron chi connectivity index (χ0n) is 16.8. The Kier molecular flexibility index (Phi) is 11.9. The average molecular weight is 434 g/mol. The summed E-state index contributed by atoms with van der Waals surface area (Å²) in [5, 5.41) is 16.2. The van der Waals surface area contributed by atoms with E-state index in [9.17, 15) is 24.0 Å². The Labute approximate surface area is 175 Å². The molecule has 0 rings (SSSR count). The van der Waals surface area contributed by atoms with Gasteiger partial charge in [0, 0.05) is 12.2 Å². The van der Waals surface area contributed by atoms with Crippen molar-refractivity contribution in [3.63, 3.8) is 0 Å². The minimum Gasteiger partial charge on any atom is -0.480 e. The lowest BCUT2D eigenvalue weighted by Gasteiger charge is -2.26. The lowest BCUT2D eigenvalue weighted by molar-refractivity contribution is -0.141. The summed E-state index contributed by atoms with van der Waals surface area (Å²) < 4.78 is 0. The molecule has 0 aromatic heterocycles. The van der Waals surface area contributed by atoms with Crippen molar-refractivity contribution in [3.05, 3.63) is 0 Å². The summed E-state index contributed by atoms with van der Waals surface area (Å²) >= 11 is 3.86. The molecule has 0 saturated heterocycles. The van der Waals surface area contributed by atoms with Gasteiger partial charge >= 0.3 is 5.97 Å². The molecule has 0 fully saturated rings. The van der Waals surface area contributed by atoms with Gasteiger partial charge in [0.05, 0.1) is 6.04 Å². The molecule has 5 unspecified atom stereocenters. The van der Waals surface area contributed by atoms with Gasteiger partial charge in [0.2, 0.25) is 23.6 Å². The first-order valence-corrected chi connectivity index (χ1v) is 9.86. The van der Waals surface area contributed by atoms with E-state index >= 15 is 0 Å². The second-order valence-electron chi connectivity index (χ2n) is 6.80. The monoisotopic (exact) mass is 433 g/mol. The van der Waals surface area contributed by atoms with Crippen molar-refractivity contribution in [2.75, 3.05) is 5.75 Å². The SMILES string of the molecule is CCC(C)C(NC(=O)C(N)CCC(N)=O)C(=O)NC(C)C(=O)NC(CS)C(=O)O. The summed E-state index contributed by atoms with van der Waals surface area (Å²) in [4.78, 5) is 58.8. The number of amides is 4. The van der Waals surface area contributed by atoms with E-state index in [1.54, 1.807) is 6.92 Å². The van der Waals surface area contributed by atoms with Crippen LogP contribution in [0.25, 0.3) is 0 Å². The smallest absolute Gasteiger partial charge is 0.327 e. The number of carbonyl (C=O) groups excluding carboxylic acids is 4. The number of aliphatic carboxylic acids is 1. The third-order valence-electron chi connectivity index (χ3n) is 4.38. The van der Waals surface area contributed by atoms with Gasteiger partial charge in [-0.2, -0.15) is 12.6 Å². The molecule has 4 amide bonds. The highest BCUT2D eigenvalue weighted by Gasteiger charge is 2.30. The highest BCUT2D eigenvalue weighted by Crippen LogP contribution is 2.09. The van der Waals surface area contributed by atoms with Crippen LogP contribution in [-0.2, 0) is 24.0 Å². The van der Waals surface area contributed by atoms with Crippen molar-refractivity contribution >= 4 is 42.2 Å². The first kappa shape index (κ1) is 26.7. The van der Waals surface area contributed by atoms with Crippen LogP contribution < -0.4 is 27.4 Å². The molecule has 11 nitrogen and oxygen atoms in total. The second kappa shape index (κ2) is 13.0. The number of thiol groups is 1. The minimum absolute atomic E-state index is 0.0368. The Morgan fingerprint density at radius 2 is 1.59 bits per heavy atom. The number of nitrogens with two attached hydrogens (primary N) is 2. The van der Waals surface area contributed by atoms with Gasteiger partial charge in [-0.05, 0) is 19.3 Å². The Morgan fingerprint density at radius 3 is 2.03 bits per heavy atom. The van der Waals surface area contributed by atoms with Crippen molar-refractivity contribution < 1.29 is 29.1 Å². The van der Waals surface area contributed by atoms with E-state index in [1.165, 1.54) is 6.92 Å². The predicted molar refractivity (Wildman–Crippen MR) is 109 cm³/mol. The minimum atomic E-state index is -1.25. The highest BCUT2D eigenvalue weighted by molar-refractivity contribution is 7.80. The first-order chi connectivity index (χ1) is 13.4. The Hall–Kier alpha value is -2.34. The van der Waals surface area contributed by atoms with Crippen molar-refractivity contribution in [1.82, 2.24) is 16.0 Å². The van der Waals surface area contributed by atoms with Gasteiger partial charge in [-0.15, -0.1) is 0 Å². The van der Waals surface area contributed by atoms with E-state index in [0.29, 0.717) is 6.42 Å². The van der Waals surface area contributed by atoms with Gasteiger partial charge in [0.15, 0.2) is 0 Å². The molecule has 0 aliphatic carbocycles. The number of primary amides is 1. The van der Waals surface area contributed by atoms with Crippen LogP contribution in [0, 0.1) is 5.92 Å². The third kappa shape index (κ3) is 9.61. The van der Waals surface area contributed by atoms with Crippen LogP contribution in [0.5, 0.6) is 0 Å². The number of carboxylic acid groups (broad SMARTS) is 1. The topological polar surface area (TPSA) is 194 Å². The predicted octanol–water partition coefficient (Wildman–Crippen LogP) is -1.89. The summed E-state index contributed by atoms with van der Waals surface area (Å²) in [6.45, 7) is 4.95. The van der Waals surface area contributed by atoms with Crippen LogP contribution in [0.15, 0.2) is 0 Å². The number of carboxylic acids is 1. The summed E-state index contributed by atoms with van der Waals surface area (Å²) in [5.74, 6) is -4.17. The Balaban J connectivity index is 5.03. The van der Waals surface area contributed by atoms with Crippen LogP contribution in [-0.4, -0.2) is 64.6 Å². The number of hydrogen-bond donors (Lipinski definition) is 7. The summed E-state index contributed by atoms with van der Waals surface area (Å²) in [7, 11) is 0. The van der Waals surface area contributed by atoms with E-state index in [4.69, 9.17) is 16.6 Å². The number of nitrogens with one attached hydrogen (secondary N) is 3. The van der Waals surface area contributed by atoms with Gasteiger partial charge in [0.1, 0.15) is 18.1 Å². The van der Waals surface area contributed by atoms with Gasteiger partial charge < -0.3 is 32.5 Å². The maximum atomic E-state index is 12.6. The molecule has 0 saturated carbocycles. The van der Waals surface area contributed by atoms with Crippen LogP contribution in [0.2, 0.25) is 0 Å². The quantitative estimate of drug-likeness (QED) is 0.165. The van der Waals surface area contributed by atoms with Crippen LogP contribution in [0.1, 0.15) is 40.0 Å². The Morgan fingerprint density at radius 1 is 1.00 bits per heavy atom. The van der Waals surface area contributed by atoms with Crippen LogP contribution in [0.3, 0.4) is 0 Å². The fourth-order valence-electron chi connectivity index (χ4n) is 2.24. The summed E-state index contributed by atoms with van der Waals surface area (Å²) in [5.41, 5.74) is 10.8.